The van der Waals surface area contributed by atoms with Gasteiger partial charge in [-0.1, -0.05) is 18.2 Å². The van der Waals surface area contributed by atoms with Crippen LogP contribution in [-0.4, -0.2) is 23.9 Å². The molecule has 3 aromatic rings. The van der Waals surface area contributed by atoms with Crippen LogP contribution in [0.4, 0.5) is 17.6 Å². The number of ether oxygens (including phenoxy) is 1. The maximum absolute atomic E-state index is 13.7. The van der Waals surface area contributed by atoms with Gasteiger partial charge in [0.1, 0.15) is 11.6 Å². The van der Waals surface area contributed by atoms with Crippen molar-refractivity contribution in [2.24, 2.45) is 0 Å². The molecule has 1 atom stereocenters. The summed E-state index contributed by atoms with van der Waals surface area (Å²) in [6, 6.07) is 10.7. The minimum atomic E-state index is -4.79. The van der Waals surface area contributed by atoms with E-state index in [4.69, 9.17) is 0 Å². The predicted octanol–water partition coefficient (Wildman–Crippen LogP) is 4.40. The number of carbonyl (C=O) groups excluding carboxylic acids is 1. The maximum Gasteiger partial charge on any atom is 0.573 e. The molecule has 1 amide bonds. The summed E-state index contributed by atoms with van der Waals surface area (Å²) in [6.45, 7) is -0.158. The summed E-state index contributed by atoms with van der Waals surface area (Å²) in [7, 11) is 0. The Labute approximate surface area is 155 Å². The van der Waals surface area contributed by atoms with E-state index in [-0.39, 0.29) is 11.4 Å². The van der Waals surface area contributed by atoms with Gasteiger partial charge in [-0.3, -0.25) is 4.79 Å². The van der Waals surface area contributed by atoms with Crippen LogP contribution in [0.5, 0.6) is 5.75 Å². The van der Waals surface area contributed by atoms with Gasteiger partial charge in [0.25, 0.3) is 5.91 Å². The fourth-order valence-corrected chi connectivity index (χ4v) is 3.41. The Morgan fingerprint density at radius 1 is 1.19 bits per heavy atom. The van der Waals surface area contributed by atoms with Crippen LogP contribution in [0.15, 0.2) is 48.5 Å². The molecule has 0 bridgehead atoms. The fraction of sp³-hybridized carbons (Fsp3) is 0.167. The molecule has 2 N–H and O–H groups in total. The minimum Gasteiger partial charge on any atom is -0.406 e. The van der Waals surface area contributed by atoms with Gasteiger partial charge in [-0.2, -0.15) is 0 Å². The number of benzene rings is 2. The van der Waals surface area contributed by atoms with Crippen LogP contribution < -0.4 is 10.1 Å². The topological polar surface area (TPSA) is 58.6 Å². The highest BCUT2D eigenvalue weighted by Crippen LogP contribution is 2.28. The van der Waals surface area contributed by atoms with Crippen molar-refractivity contribution in [2.45, 2.75) is 12.5 Å². The molecule has 0 radical (unpaired) electrons. The Kier molecular flexibility index (Phi) is 5.33. The van der Waals surface area contributed by atoms with Crippen LogP contribution in [0.2, 0.25) is 0 Å². The first-order chi connectivity index (χ1) is 12.7. The van der Waals surface area contributed by atoms with E-state index in [1.165, 1.54) is 24.3 Å². The lowest BCUT2D eigenvalue weighted by Crippen LogP contribution is -2.27. The van der Waals surface area contributed by atoms with Gasteiger partial charge < -0.3 is 15.2 Å². The molecule has 1 unspecified atom stereocenters. The van der Waals surface area contributed by atoms with Crippen LogP contribution in [0.3, 0.4) is 0 Å². The van der Waals surface area contributed by atoms with E-state index in [9.17, 15) is 27.5 Å². The maximum atomic E-state index is 13.7. The molecule has 9 heteroatoms. The van der Waals surface area contributed by atoms with Crippen molar-refractivity contribution in [1.82, 2.24) is 5.32 Å². The third kappa shape index (κ3) is 4.75. The summed E-state index contributed by atoms with van der Waals surface area (Å²) in [5.74, 6) is -1.31. The van der Waals surface area contributed by atoms with Crippen LogP contribution >= 0.6 is 11.3 Å². The lowest BCUT2D eigenvalue weighted by Gasteiger charge is -2.13. The molecule has 0 fully saturated rings. The van der Waals surface area contributed by atoms with Crippen LogP contribution in [0, 0.1) is 5.82 Å². The SMILES string of the molecule is O=C(NCC(O)c1ccc(OC(F)(F)F)cc1)c1cc2c(F)cccc2s1. The number of amides is 1. The zero-order valence-corrected chi connectivity index (χ0v) is 14.4. The molecule has 1 heterocycles. The molecular weight excluding hydrogens is 386 g/mol. The summed E-state index contributed by atoms with van der Waals surface area (Å²) in [5, 5.41) is 12.9. The Hall–Kier alpha value is -2.65. The normalized spacial score (nSPS) is 12.8. The number of nitrogens with one attached hydrogen (secondary N) is 1. The first-order valence-corrected chi connectivity index (χ1v) is 8.54. The van der Waals surface area contributed by atoms with Gasteiger partial charge in [0.05, 0.1) is 11.0 Å². The number of hydrogen-bond donors (Lipinski definition) is 2. The predicted molar refractivity (Wildman–Crippen MR) is 92.2 cm³/mol. The molecule has 0 aliphatic carbocycles. The molecule has 0 spiro atoms. The molecule has 27 heavy (non-hydrogen) atoms. The second-order valence-corrected chi connectivity index (χ2v) is 6.69. The lowest BCUT2D eigenvalue weighted by atomic mass is 10.1. The smallest absolute Gasteiger partial charge is 0.406 e. The molecule has 4 nitrogen and oxygen atoms in total. The number of hydrogen-bond acceptors (Lipinski definition) is 4. The summed E-state index contributed by atoms with van der Waals surface area (Å²) in [6.07, 6.45) is -5.92. The van der Waals surface area contributed by atoms with E-state index in [1.807, 2.05) is 0 Å². The van der Waals surface area contributed by atoms with Gasteiger partial charge in [-0.05, 0) is 35.9 Å². The fourth-order valence-electron chi connectivity index (χ4n) is 2.42. The van der Waals surface area contributed by atoms with E-state index < -0.39 is 29.9 Å². The van der Waals surface area contributed by atoms with E-state index >= 15 is 0 Å². The third-order valence-corrected chi connectivity index (χ3v) is 4.79. The average molecular weight is 399 g/mol. The number of aliphatic hydroxyl groups excluding tert-OH is 1. The zero-order chi connectivity index (χ0) is 19.6. The molecule has 142 valence electrons. The highest BCUT2D eigenvalue weighted by molar-refractivity contribution is 7.20. The highest BCUT2D eigenvalue weighted by atomic mass is 32.1. The molecule has 0 saturated carbocycles. The van der Waals surface area contributed by atoms with Crippen LogP contribution in [-0.2, 0) is 0 Å². The first-order valence-electron chi connectivity index (χ1n) is 7.73. The third-order valence-electron chi connectivity index (χ3n) is 3.69. The van der Waals surface area contributed by atoms with E-state index in [2.05, 4.69) is 10.1 Å². The lowest BCUT2D eigenvalue weighted by molar-refractivity contribution is -0.274. The van der Waals surface area contributed by atoms with E-state index in [1.54, 1.807) is 12.1 Å². The van der Waals surface area contributed by atoms with Gasteiger partial charge in [0, 0.05) is 16.6 Å². The van der Waals surface area contributed by atoms with Gasteiger partial charge in [-0.15, -0.1) is 24.5 Å². The van der Waals surface area contributed by atoms with Gasteiger partial charge in [0.2, 0.25) is 0 Å². The number of halogens is 4. The van der Waals surface area contributed by atoms with Crippen LogP contribution in [0.1, 0.15) is 21.3 Å². The van der Waals surface area contributed by atoms with Gasteiger partial charge >= 0.3 is 6.36 Å². The quantitative estimate of drug-likeness (QED) is 0.625. The number of thiophene rings is 1. The van der Waals surface area contributed by atoms with Crippen molar-refractivity contribution in [3.8, 4) is 5.75 Å². The number of rotatable bonds is 5. The molecular formula is C18H13F4NO3S. The summed E-state index contributed by atoms with van der Waals surface area (Å²) in [5.41, 5.74) is 0.312. The van der Waals surface area contributed by atoms with Gasteiger partial charge in [-0.25, -0.2) is 4.39 Å². The Bertz CT molecular complexity index is 953. The zero-order valence-electron chi connectivity index (χ0n) is 13.6. The summed E-state index contributed by atoms with van der Waals surface area (Å²) in [4.78, 5) is 12.5. The van der Waals surface area contributed by atoms with Gasteiger partial charge in [0.15, 0.2) is 0 Å². The number of alkyl halides is 3. The summed E-state index contributed by atoms with van der Waals surface area (Å²) < 4.78 is 54.5. The number of aliphatic hydroxyl groups is 1. The Morgan fingerprint density at radius 3 is 2.52 bits per heavy atom. The van der Waals surface area contributed by atoms with Crippen molar-refractivity contribution in [3.63, 3.8) is 0 Å². The standard InChI is InChI=1S/C18H13F4NO3S/c19-13-2-1-3-15-12(13)8-16(27-15)17(25)23-9-14(24)10-4-6-11(7-5-10)26-18(20,21)22/h1-8,14,24H,9H2,(H,23,25). The monoisotopic (exact) mass is 399 g/mol. The Balaban J connectivity index is 1.61. The van der Waals surface area contributed by atoms with Crippen molar-refractivity contribution in [3.05, 3.63) is 64.8 Å². The van der Waals surface area contributed by atoms with Crippen LogP contribution in [0.25, 0.3) is 10.1 Å². The molecule has 3 rings (SSSR count). The first kappa shape index (κ1) is 19.1. The second-order valence-electron chi connectivity index (χ2n) is 5.60. The molecule has 0 aliphatic heterocycles. The van der Waals surface area contributed by atoms with E-state index in [0.29, 0.717) is 15.6 Å². The second kappa shape index (κ2) is 7.53. The molecule has 0 saturated heterocycles. The number of carbonyl (C=O) groups is 1. The summed E-state index contributed by atoms with van der Waals surface area (Å²) >= 11 is 1.12. The van der Waals surface area contributed by atoms with Crippen molar-refractivity contribution in [1.29, 1.82) is 0 Å². The minimum absolute atomic E-state index is 0.158. The largest absolute Gasteiger partial charge is 0.573 e. The Morgan fingerprint density at radius 2 is 1.89 bits per heavy atom. The molecule has 1 aromatic heterocycles. The molecule has 0 aliphatic rings. The highest BCUT2D eigenvalue weighted by Gasteiger charge is 2.31. The number of fused-ring (bicyclic) bond motifs is 1. The van der Waals surface area contributed by atoms with Crippen molar-refractivity contribution in [2.75, 3.05) is 6.54 Å². The van der Waals surface area contributed by atoms with Crippen molar-refractivity contribution >= 4 is 27.3 Å². The average Bonchev–Trinajstić information content (AvgIpc) is 3.04. The van der Waals surface area contributed by atoms with Crippen molar-refractivity contribution < 1.29 is 32.2 Å². The molecule has 2 aromatic carbocycles. The van der Waals surface area contributed by atoms with E-state index in [0.717, 1.165) is 23.5 Å².